The van der Waals surface area contributed by atoms with Crippen molar-refractivity contribution in [2.75, 3.05) is 11.9 Å². The van der Waals surface area contributed by atoms with E-state index in [0.29, 0.717) is 59.8 Å². The van der Waals surface area contributed by atoms with Crippen molar-refractivity contribution in [3.05, 3.63) is 77.1 Å². The minimum Gasteiger partial charge on any atom is -0.444 e. The fourth-order valence-corrected chi connectivity index (χ4v) is 9.82. The summed E-state index contributed by atoms with van der Waals surface area (Å²) in [7, 11) is -3.91. The van der Waals surface area contributed by atoms with Crippen LogP contribution >= 0.6 is 11.3 Å². The molecule has 8 rings (SSSR count). The van der Waals surface area contributed by atoms with Crippen LogP contribution < -0.4 is 15.4 Å². The van der Waals surface area contributed by atoms with Crippen LogP contribution in [0.15, 0.2) is 60.1 Å². The van der Waals surface area contributed by atoms with Gasteiger partial charge in [0.25, 0.3) is 5.91 Å². The van der Waals surface area contributed by atoms with Gasteiger partial charge in [-0.15, -0.1) is 11.3 Å². The normalized spacial score (nSPS) is 27.4. The fourth-order valence-electron chi connectivity index (χ4n) is 7.70. The van der Waals surface area contributed by atoms with E-state index < -0.39 is 74.5 Å². The first-order valence-corrected chi connectivity index (χ1v) is 21.1. The molecular weight excluding hydrogens is 750 g/mol. The number of carbonyl (C=O) groups excluding carboxylic acids is 4. The van der Waals surface area contributed by atoms with Crippen molar-refractivity contribution in [1.29, 1.82) is 0 Å². The Labute approximate surface area is 322 Å². The number of aromatic nitrogens is 2. The molecule has 3 N–H and O–H groups in total. The molecule has 55 heavy (non-hydrogen) atoms. The number of anilines is 1. The number of benzene rings is 1. The number of rotatable bonds is 7. The largest absolute Gasteiger partial charge is 0.444 e. The third-order valence-corrected chi connectivity index (χ3v) is 13.6. The van der Waals surface area contributed by atoms with Crippen molar-refractivity contribution in [2.24, 2.45) is 5.92 Å². The van der Waals surface area contributed by atoms with Crippen LogP contribution in [0, 0.1) is 11.7 Å². The van der Waals surface area contributed by atoms with Gasteiger partial charge in [0.1, 0.15) is 35.2 Å². The molecular formula is C38H42FN7O7S2. The Balaban J connectivity index is 1.06. The molecule has 5 aliphatic rings. The van der Waals surface area contributed by atoms with E-state index in [0.717, 1.165) is 12.8 Å². The third-order valence-electron chi connectivity index (χ3n) is 11.0. The summed E-state index contributed by atoms with van der Waals surface area (Å²) in [4.78, 5) is 67.9. The lowest BCUT2D eigenvalue weighted by atomic mass is 10.1. The van der Waals surface area contributed by atoms with Gasteiger partial charge in [-0.05, 0) is 62.3 Å². The molecule has 3 aliphatic heterocycles. The van der Waals surface area contributed by atoms with Gasteiger partial charge in [-0.25, -0.2) is 22.6 Å². The number of hydrogen-bond donors (Lipinski definition) is 3. The summed E-state index contributed by atoms with van der Waals surface area (Å²) >= 11 is 1.33. The molecule has 3 fully saturated rings. The number of ether oxygens (including phenoxy) is 1. The number of hydrogen-bond acceptors (Lipinski definition) is 11. The molecule has 1 saturated heterocycles. The summed E-state index contributed by atoms with van der Waals surface area (Å²) in [5, 5.41) is 7.86. The highest BCUT2D eigenvalue weighted by atomic mass is 32.2. The minimum absolute atomic E-state index is 0.0245. The van der Waals surface area contributed by atoms with Gasteiger partial charge in [0, 0.05) is 36.0 Å². The van der Waals surface area contributed by atoms with Gasteiger partial charge >= 0.3 is 6.09 Å². The zero-order valence-electron chi connectivity index (χ0n) is 30.0. The Kier molecular flexibility index (Phi) is 10.1. The maximum absolute atomic E-state index is 14.6. The third kappa shape index (κ3) is 7.81. The van der Waals surface area contributed by atoms with Crippen molar-refractivity contribution in [1.82, 2.24) is 29.8 Å². The summed E-state index contributed by atoms with van der Waals surface area (Å²) in [5.74, 6) is -2.72. The van der Waals surface area contributed by atoms with Crippen LogP contribution in [0.1, 0.15) is 68.9 Å². The maximum atomic E-state index is 14.6. The highest BCUT2D eigenvalue weighted by Crippen LogP contribution is 2.46. The highest BCUT2D eigenvalue weighted by molar-refractivity contribution is 7.91. The second-order valence-corrected chi connectivity index (χ2v) is 17.8. The number of pyridine rings is 1. The second kappa shape index (κ2) is 15.0. The molecule has 0 radical (unpaired) electrons. The van der Waals surface area contributed by atoms with E-state index in [9.17, 15) is 32.0 Å². The number of carbonyl (C=O) groups is 4. The minimum atomic E-state index is -3.91. The lowest BCUT2D eigenvalue weighted by Crippen LogP contribution is -2.57. The Hall–Kier alpha value is -4.90. The fraction of sp³-hybridized carbons (Fsp3) is 0.474. The molecule has 3 aromatic rings. The van der Waals surface area contributed by atoms with E-state index >= 15 is 0 Å². The molecule has 14 nitrogen and oxygen atoms in total. The van der Waals surface area contributed by atoms with E-state index in [4.69, 9.17) is 4.74 Å². The number of amides is 4. The van der Waals surface area contributed by atoms with Crippen LogP contribution in [0.25, 0.3) is 11.4 Å². The van der Waals surface area contributed by atoms with Gasteiger partial charge in [0.2, 0.25) is 21.8 Å². The van der Waals surface area contributed by atoms with E-state index in [1.54, 1.807) is 18.3 Å². The second-order valence-electron chi connectivity index (χ2n) is 14.9. The van der Waals surface area contributed by atoms with E-state index in [1.165, 1.54) is 27.2 Å². The molecule has 17 heteroatoms. The monoisotopic (exact) mass is 791 g/mol. The molecule has 5 heterocycles. The lowest BCUT2D eigenvalue weighted by molar-refractivity contribution is -0.140. The molecule has 4 amide bonds. The van der Waals surface area contributed by atoms with Crippen LogP contribution in [0.3, 0.4) is 0 Å². The maximum Gasteiger partial charge on any atom is 0.410 e. The average Bonchev–Trinajstić information content (AvgIpc) is 3.97. The van der Waals surface area contributed by atoms with Crippen molar-refractivity contribution >= 4 is 50.3 Å². The Morgan fingerprint density at radius 1 is 1.04 bits per heavy atom. The SMILES string of the molecule is O=C1N[C@]2(C(=O)NS(=O)(=O)C3CC3)C[C@@H]2/C=C\CCCCC[C@H](Nc2nc(-c3ccccn3)cs2)C(=O)N2C[C@H](OC(=O)N3Cc4cccc(F)c4C3)C[C@@H]12. The molecule has 5 atom stereocenters. The molecule has 0 spiro atoms. The standard InChI is InChI=1S/C38H42FN7O7S2/c39-28-11-8-9-23-19-45(21-27(23)28)37(50)53-25-17-32-33(47)43-38(35(49)44-55(51,52)26-14-15-26)18-24(38)10-4-2-1-3-5-13-30(34(48)46(32)20-25)41-36-42-31(22-54-36)29-12-6-7-16-40-29/h4,6-12,16,22,24-26,30,32H,1-3,5,13-15,17-21H2,(H,41,42)(H,43,47)(H,44,49)/b10-4-/t24-,25+,30-,32-,38+/m0/s1. The van der Waals surface area contributed by atoms with E-state index in [1.807, 2.05) is 35.7 Å². The summed E-state index contributed by atoms with van der Waals surface area (Å²) < 4.78 is 48.2. The number of allylic oxidation sites excluding steroid dienone is 1. The van der Waals surface area contributed by atoms with Crippen molar-refractivity contribution < 1.29 is 36.7 Å². The Morgan fingerprint density at radius 3 is 2.67 bits per heavy atom. The van der Waals surface area contributed by atoms with Gasteiger partial charge in [-0.3, -0.25) is 29.0 Å². The van der Waals surface area contributed by atoms with Gasteiger partial charge in [-0.1, -0.05) is 43.2 Å². The van der Waals surface area contributed by atoms with Crippen LogP contribution in [-0.4, -0.2) is 87.5 Å². The Bertz CT molecular complexity index is 2130. The molecule has 2 saturated carbocycles. The average molecular weight is 792 g/mol. The van der Waals surface area contributed by atoms with Crippen LogP contribution in [0.5, 0.6) is 0 Å². The van der Waals surface area contributed by atoms with Crippen molar-refractivity contribution in [2.45, 2.75) is 99.9 Å². The summed E-state index contributed by atoms with van der Waals surface area (Å²) in [6.45, 7) is 0.0736. The van der Waals surface area contributed by atoms with Crippen LogP contribution in [-0.2, 0) is 42.2 Å². The number of nitrogens with zero attached hydrogens (tertiary/aromatic N) is 4. The van der Waals surface area contributed by atoms with Gasteiger partial charge in [-0.2, -0.15) is 0 Å². The van der Waals surface area contributed by atoms with Crippen LogP contribution in [0.2, 0.25) is 0 Å². The summed E-state index contributed by atoms with van der Waals surface area (Å²) in [6, 6.07) is 8.24. The summed E-state index contributed by atoms with van der Waals surface area (Å²) in [6.07, 6.45) is 8.40. The number of nitrogens with one attached hydrogen (secondary N) is 3. The first-order valence-electron chi connectivity index (χ1n) is 18.7. The topological polar surface area (TPSA) is 180 Å². The number of fused-ring (bicyclic) bond motifs is 3. The molecule has 2 aromatic heterocycles. The highest BCUT2D eigenvalue weighted by Gasteiger charge is 2.62. The first-order chi connectivity index (χ1) is 26.5. The molecule has 2 aliphatic carbocycles. The molecule has 0 unspecified atom stereocenters. The Morgan fingerprint density at radius 2 is 1.89 bits per heavy atom. The van der Waals surface area contributed by atoms with E-state index in [-0.39, 0.29) is 32.5 Å². The van der Waals surface area contributed by atoms with E-state index in [2.05, 4.69) is 25.3 Å². The zero-order valence-corrected chi connectivity index (χ0v) is 31.6. The van der Waals surface area contributed by atoms with Crippen molar-refractivity contribution in [3.8, 4) is 11.4 Å². The van der Waals surface area contributed by atoms with Crippen molar-refractivity contribution in [3.63, 3.8) is 0 Å². The van der Waals surface area contributed by atoms with Gasteiger partial charge < -0.3 is 20.3 Å². The number of thiazole rings is 1. The first kappa shape index (κ1) is 37.0. The van der Waals surface area contributed by atoms with Gasteiger partial charge in [0.15, 0.2) is 5.13 Å². The molecule has 1 aromatic carbocycles. The molecule has 0 bridgehead atoms. The lowest BCUT2D eigenvalue weighted by Gasteiger charge is -2.29. The predicted octanol–water partition coefficient (Wildman–Crippen LogP) is 4.25. The zero-order chi connectivity index (χ0) is 38.3. The van der Waals surface area contributed by atoms with Gasteiger partial charge in [0.05, 0.1) is 24.0 Å². The predicted molar refractivity (Wildman–Crippen MR) is 200 cm³/mol. The number of sulfonamides is 1. The number of halogens is 1. The summed E-state index contributed by atoms with van der Waals surface area (Å²) in [5.41, 5.74) is 0.888. The molecule has 290 valence electrons. The smallest absolute Gasteiger partial charge is 0.410 e. The quantitative estimate of drug-likeness (QED) is 0.293. The van der Waals surface area contributed by atoms with Crippen LogP contribution in [0.4, 0.5) is 14.3 Å².